The third-order valence-electron chi connectivity index (χ3n) is 10.00. The predicted molar refractivity (Wildman–Crippen MR) is 213 cm³/mol. The molecule has 0 N–H and O–H groups in total. The molecule has 0 unspecified atom stereocenters. The van der Waals surface area contributed by atoms with E-state index in [2.05, 4.69) is 22.8 Å². The molecule has 0 atom stereocenters. The summed E-state index contributed by atoms with van der Waals surface area (Å²) in [5, 5.41) is 2.02. The van der Waals surface area contributed by atoms with Gasteiger partial charge in [-0.15, -0.1) is 0 Å². The minimum absolute atomic E-state index is 0.349. The molecule has 1 aliphatic heterocycles. The Morgan fingerprint density at radius 1 is 0.389 bits per heavy atom. The number of rotatable bonds is 6. The fraction of sp³-hybridized carbons (Fsp3) is 0. The van der Waals surface area contributed by atoms with Crippen LogP contribution in [-0.4, -0.2) is 31.3 Å². The van der Waals surface area contributed by atoms with E-state index in [4.69, 9.17) is 15.0 Å². The van der Waals surface area contributed by atoms with Gasteiger partial charge in [-0.25, -0.2) is 19.9 Å². The smallest absolute Gasteiger partial charge is 0.268 e. The van der Waals surface area contributed by atoms with Crippen LogP contribution in [0.25, 0.3) is 72.8 Å². The number of nitrogens with zero attached hydrogens (tertiary/aromatic N) is 5. The Labute approximate surface area is 310 Å². The molecule has 7 heteroatoms. The van der Waals surface area contributed by atoms with Gasteiger partial charge in [0.25, 0.3) is 11.8 Å². The molecule has 0 bridgehead atoms. The summed E-state index contributed by atoms with van der Waals surface area (Å²) >= 11 is 0. The summed E-state index contributed by atoms with van der Waals surface area (Å²) < 4.78 is 2.08. The number of benzene rings is 7. The van der Waals surface area contributed by atoms with Gasteiger partial charge >= 0.3 is 0 Å². The van der Waals surface area contributed by atoms with Crippen LogP contribution in [0.5, 0.6) is 0 Å². The molecule has 0 saturated heterocycles. The quantitative estimate of drug-likeness (QED) is 0.162. The van der Waals surface area contributed by atoms with Crippen molar-refractivity contribution in [3.05, 3.63) is 187 Å². The number of fused-ring (bicyclic) bond motifs is 4. The molecule has 0 radical (unpaired) electrons. The molecule has 10 rings (SSSR count). The SMILES string of the molecule is O=C1c2cccc(-n3c4ccccc4c4ccc(-c5nc(-c6ccccc6)nc(-c6ccccc6)n5)cc43)c2C(=O)N1c1ccc(-c2ccccc2)cc1. The monoisotopic (exact) mass is 695 g/mol. The maximum Gasteiger partial charge on any atom is 0.268 e. The number of hydrogen-bond acceptors (Lipinski definition) is 5. The van der Waals surface area contributed by atoms with Crippen molar-refractivity contribution in [3.8, 4) is 51.0 Å². The topological polar surface area (TPSA) is 81.0 Å². The minimum Gasteiger partial charge on any atom is -0.308 e. The molecule has 0 aliphatic carbocycles. The van der Waals surface area contributed by atoms with E-state index in [0.29, 0.717) is 40.0 Å². The van der Waals surface area contributed by atoms with Crippen molar-refractivity contribution in [3.63, 3.8) is 0 Å². The molecule has 7 nitrogen and oxygen atoms in total. The second-order valence-electron chi connectivity index (χ2n) is 13.2. The zero-order valence-corrected chi connectivity index (χ0v) is 28.8. The number of anilines is 1. The fourth-order valence-electron chi connectivity index (χ4n) is 7.43. The van der Waals surface area contributed by atoms with Crippen molar-refractivity contribution < 1.29 is 9.59 Å². The Bertz CT molecular complexity index is 2850. The summed E-state index contributed by atoms with van der Waals surface area (Å²) in [6.07, 6.45) is 0. The maximum absolute atomic E-state index is 14.4. The molecule has 254 valence electrons. The van der Waals surface area contributed by atoms with Gasteiger partial charge in [0.15, 0.2) is 17.5 Å². The first-order chi connectivity index (χ1) is 26.6. The first-order valence-corrected chi connectivity index (χ1v) is 17.7. The zero-order chi connectivity index (χ0) is 36.2. The van der Waals surface area contributed by atoms with E-state index >= 15 is 0 Å². The largest absolute Gasteiger partial charge is 0.308 e. The summed E-state index contributed by atoms with van der Waals surface area (Å²) in [4.78, 5) is 44.6. The van der Waals surface area contributed by atoms with Crippen LogP contribution in [0.3, 0.4) is 0 Å². The maximum atomic E-state index is 14.4. The normalized spacial score (nSPS) is 12.5. The third-order valence-corrected chi connectivity index (χ3v) is 10.00. The van der Waals surface area contributed by atoms with Crippen LogP contribution < -0.4 is 4.90 Å². The fourth-order valence-corrected chi connectivity index (χ4v) is 7.43. The molecular formula is C47H29N5O2. The third kappa shape index (κ3) is 5.10. The molecule has 7 aromatic carbocycles. The van der Waals surface area contributed by atoms with Crippen LogP contribution in [0.15, 0.2) is 176 Å². The Morgan fingerprint density at radius 2 is 0.907 bits per heavy atom. The Morgan fingerprint density at radius 3 is 1.56 bits per heavy atom. The summed E-state index contributed by atoms with van der Waals surface area (Å²) in [6.45, 7) is 0. The van der Waals surface area contributed by atoms with Gasteiger partial charge in [-0.1, -0.05) is 140 Å². The number of carbonyl (C=O) groups is 2. The lowest BCUT2D eigenvalue weighted by Gasteiger charge is -2.15. The number of amides is 2. The number of carbonyl (C=O) groups excluding carboxylic acids is 2. The van der Waals surface area contributed by atoms with Crippen molar-refractivity contribution in [1.29, 1.82) is 0 Å². The zero-order valence-electron chi connectivity index (χ0n) is 28.8. The van der Waals surface area contributed by atoms with Crippen molar-refractivity contribution in [1.82, 2.24) is 19.5 Å². The molecule has 0 spiro atoms. The summed E-state index contributed by atoms with van der Waals surface area (Å²) in [5.41, 5.74) is 8.27. The van der Waals surface area contributed by atoms with E-state index in [1.807, 2.05) is 152 Å². The molecule has 2 amide bonds. The highest BCUT2D eigenvalue weighted by atomic mass is 16.2. The molecule has 2 aromatic heterocycles. The number of para-hydroxylation sites is 1. The highest BCUT2D eigenvalue weighted by Crippen LogP contribution is 2.39. The van der Waals surface area contributed by atoms with Crippen molar-refractivity contribution in [2.45, 2.75) is 0 Å². The first kappa shape index (κ1) is 31.2. The first-order valence-electron chi connectivity index (χ1n) is 17.7. The van der Waals surface area contributed by atoms with E-state index in [1.165, 1.54) is 4.90 Å². The van der Waals surface area contributed by atoms with Crippen molar-refractivity contribution >= 4 is 39.3 Å². The molecule has 3 heterocycles. The highest BCUT2D eigenvalue weighted by Gasteiger charge is 2.39. The molecular weight excluding hydrogens is 667 g/mol. The summed E-state index contributed by atoms with van der Waals surface area (Å²) in [7, 11) is 0. The van der Waals surface area contributed by atoms with Gasteiger partial charge in [-0.05, 0) is 47.5 Å². The number of imide groups is 1. The molecule has 1 aliphatic rings. The van der Waals surface area contributed by atoms with E-state index < -0.39 is 0 Å². The lowest BCUT2D eigenvalue weighted by molar-refractivity contribution is 0.0926. The Hall–Kier alpha value is -7.51. The van der Waals surface area contributed by atoms with Crippen LogP contribution in [0.2, 0.25) is 0 Å². The van der Waals surface area contributed by atoms with Crippen LogP contribution >= 0.6 is 0 Å². The van der Waals surface area contributed by atoms with E-state index in [9.17, 15) is 9.59 Å². The summed E-state index contributed by atoms with van der Waals surface area (Å²) in [5.74, 6) is 0.954. The van der Waals surface area contributed by atoms with Gasteiger partial charge in [0.1, 0.15) is 0 Å². The Balaban J connectivity index is 1.13. The van der Waals surface area contributed by atoms with Crippen LogP contribution in [0, 0.1) is 0 Å². The van der Waals surface area contributed by atoms with E-state index in [1.54, 1.807) is 6.07 Å². The average molecular weight is 696 g/mol. The minimum atomic E-state index is -0.363. The van der Waals surface area contributed by atoms with Crippen LogP contribution in [0.4, 0.5) is 5.69 Å². The number of aromatic nitrogens is 4. The molecule has 0 fully saturated rings. The second kappa shape index (κ2) is 12.6. The van der Waals surface area contributed by atoms with Crippen LogP contribution in [-0.2, 0) is 0 Å². The van der Waals surface area contributed by atoms with Gasteiger partial charge < -0.3 is 4.57 Å². The van der Waals surface area contributed by atoms with Gasteiger partial charge in [-0.3, -0.25) is 9.59 Å². The van der Waals surface area contributed by atoms with Gasteiger partial charge in [0.2, 0.25) is 0 Å². The van der Waals surface area contributed by atoms with Crippen molar-refractivity contribution in [2.24, 2.45) is 0 Å². The number of hydrogen-bond donors (Lipinski definition) is 0. The van der Waals surface area contributed by atoms with Gasteiger partial charge in [0.05, 0.1) is 33.5 Å². The van der Waals surface area contributed by atoms with E-state index in [-0.39, 0.29) is 11.8 Å². The van der Waals surface area contributed by atoms with Crippen LogP contribution in [0.1, 0.15) is 20.7 Å². The molecule has 0 saturated carbocycles. The summed E-state index contributed by atoms with van der Waals surface area (Å²) in [6, 6.07) is 57.1. The lowest BCUT2D eigenvalue weighted by Crippen LogP contribution is -2.29. The standard InChI is InChI=1S/C47H29N5O2/c53-46-38-20-12-22-40(42(38)47(54)51(46)35-26-23-31(24-27-35)30-13-4-1-5-14-30)52-39-21-11-10-19-36(39)37-28-25-34(29-41(37)52)45-49-43(32-15-6-2-7-16-32)48-44(50-45)33-17-8-3-9-18-33/h1-29H. The second-order valence-corrected chi connectivity index (χ2v) is 13.2. The molecule has 9 aromatic rings. The van der Waals surface area contributed by atoms with Crippen molar-refractivity contribution in [2.75, 3.05) is 4.90 Å². The Kier molecular flexibility index (Phi) is 7.30. The lowest BCUT2D eigenvalue weighted by atomic mass is 10.1. The highest BCUT2D eigenvalue weighted by molar-refractivity contribution is 6.35. The molecule has 54 heavy (non-hydrogen) atoms. The van der Waals surface area contributed by atoms with E-state index in [0.717, 1.165) is 49.6 Å². The average Bonchev–Trinajstić information content (AvgIpc) is 3.71. The predicted octanol–water partition coefficient (Wildman–Crippen LogP) is 10.4. The van der Waals surface area contributed by atoms with Gasteiger partial charge in [0, 0.05) is 27.5 Å². The van der Waals surface area contributed by atoms with Gasteiger partial charge in [-0.2, -0.15) is 0 Å².